The van der Waals surface area contributed by atoms with E-state index in [1.165, 1.54) is 134 Å². The fraction of sp³-hybridized carbons (Fsp3) is 0.889. The van der Waals surface area contributed by atoms with E-state index in [1.54, 1.807) is 0 Å². The summed E-state index contributed by atoms with van der Waals surface area (Å²) in [6.07, 6.45) is 36.7. The highest BCUT2D eigenvalue weighted by Gasteiger charge is 2.61. The number of allylic oxidation sites excluding steroid dienone is 3. The highest BCUT2D eigenvalue weighted by Crippen LogP contribution is 2.68. The van der Waals surface area contributed by atoms with Crippen LogP contribution in [0.15, 0.2) is 23.8 Å². The summed E-state index contributed by atoms with van der Waals surface area (Å²) in [7, 11) is 0. The first-order valence-corrected chi connectivity index (χ1v) is 21.2. The predicted octanol–water partition coefficient (Wildman–Crippen LogP) is 13.2. The molecule has 4 rings (SSSR count). The van der Waals surface area contributed by atoms with Crippen molar-refractivity contribution in [3.63, 3.8) is 0 Å². The zero-order valence-electron chi connectivity index (χ0n) is 32.2. The van der Waals surface area contributed by atoms with E-state index in [1.807, 2.05) is 0 Å². The van der Waals surface area contributed by atoms with Gasteiger partial charge in [0.05, 0.1) is 6.10 Å². The molecule has 4 aliphatic rings. The van der Waals surface area contributed by atoms with Gasteiger partial charge >= 0.3 is 0 Å². The number of hydrogen-bond acceptors (Lipinski definition) is 2. The lowest BCUT2D eigenvalue weighted by atomic mass is 9.44. The van der Waals surface area contributed by atoms with Crippen molar-refractivity contribution in [3.8, 4) is 0 Å². The van der Waals surface area contributed by atoms with Crippen molar-refractivity contribution in [2.45, 2.75) is 202 Å². The summed E-state index contributed by atoms with van der Waals surface area (Å²) >= 11 is 0. The average molecular weight is 651 g/mol. The van der Waals surface area contributed by atoms with Gasteiger partial charge in [-0.05, 0) is 118 Å². The molecule has 0 bridgehead atoms. The van der Waals surface area contributed by atoms with Gasteiger partial charge in [-0.2, -0.15) is 0 Å². The van der Waals surface area contributed by atoms with Crippen LogP contribution in [0.2, 0.25) is 0 Å². The molecule has 0 aromatic heterocycles. The summed E-state index contributed by atoms with van der Waals surface area (Å²) in [5, 5.41) is 11.0. The molecular formula is C45H78O2. The Morgan fingerprint density at radius 3 is 2.19 bits per heavy atom. The van der Waals surface area contributed by atoms with Gasteiger partial charge in [0.25, 0.3) is 0 Å². The molecule has 2 heteroatoms. The van der Waals surface area contributed by atoms with Crippen molar-refractivity contribution in [2.75, 3.05) is 0 Å². The summed E-state index contributed by atoms with van der Waals surface area (Å²) in [5.74, 6) is 5.13. The Hall–Kier alpha value is -0.890. The van der Waals surface area contributed by atoms with Crippen LogP contribution in [0.3, 0.4) is 0 Å². The van der Waals surface area contributed by atoms with Crippen molar-refractivity contribution in [1.29, 1.82) is 0 Å². The lowest BCUT2D eigenvalue weighted by Crippen LogP contribution is -2.55. The molecule has 3 fully saturated rings. The number of Topliss-reactive ketones (excluding diaryl/α,β-unsaturated/α-hetero) is 1. The molecule has 1 unspecified atom stereocenters. The number of unbranched alkanes of at least 4 members (excludes halogenated alkanes) is 11. The molecule has 0 saturated heterocycles. The van der Waals surface area contributed by atoms with Crippen LogP contribution in [0, 0.1) is 52.3 Å². The molecule has 0 radical (unpaired) electrons. The summed E-state index contributed by atoms with van der Waals surface area (Å²) in [6, 6.07) is 0. The number of carbonyl (C=O) groups excluding carboxylic acids is 1. The second-order valence-electron chi connectivity index (χ2n) is 18.1. The van der Waals surface area contributed by atoms with E-state index in [0.29, 0.717) is 30.0 Å². The van der Waals surface area contributed by atoms with Crippen molar-refractivity contribution in [2.24, 2.45) is 52.3 Å². The van der Waals surface area contributed by atoms with Crippen LogP contribution in [0.1, 0.15) is 196 Å². The number of fused-ring (bicyclic) bond motifs is 5. The van der Waals surface area contributed by atoms with Crippen LogP contribution < -0.4 is 0 Å². The van der Waals surface area contributed by atoms with Gasteiger partial charge in [0.1, 0.15) is 5.78 Å². The normalized spacial score (nSPS) is 34.3. The molecular weight excluding hydrogens is 572 g/mol. The first kappa shape index (κ1) is 38.9. The maximum Gasteiger partial charge on any atom is 0.136 e. The third-order valence-electron chi connectivity index (χ3n) is 14.5. The van der Waals surface area contributed by atoms with E-state index in [4.69, 9.17) is 0 Å². The molecule has 0 spiro atoms. The molecule has 0 aromatic rings. The molecule has 270 valence electrons. The van der Waals surface area contributed by atoms with E-state index in [9.17, 15) is 9.90 Å². The standard InChI is InChI=1S/C45H78O2/c1-7-8-9-10-11-12-13-14-15-16-17-18-19-20-21-25-43(47)42-33-37(46)32-36-26-27-38-40-29-28-39(35(4)24-22-23-34(2)3)44(40,5)31-30-41(38)45(36,42)6/h14-15,26,34-35,37-42,46H,7-13,16-25,27-33H2,1-6H3/b15-14-/t35-,37-,38+,39-,40+,41+,42?,44-,45+/m1/s1. The van der Waals surface area contributed by atoms with Gasteiger partial charge in [0.15, 0.2) is 0 Å². The molecule has 0 heterocycles. The van der Waals surface area contributed by atoms with Crippen molar-refractivity contribution in [3.05, 3.63) is 23.8 Å². The molecule has 2 nitrogen and oxygen atoms in total. The van der Waals surface area contributed by atoms with Gasteiger partial charge in [-0.1, -0.05) is 136 Å². The van der Waals surface area contributed by atoms with Gasteiger partial charge in [0.2, 0.25) is 0 Å². The van der Waals surface area contributed by atoms with E-state index < -0.39 is 0 Å². The number of carbonyl (C=O) groups is 1. The van der Waals surface area contributed by atoms with Crippen LogP contribution in [-0.2, 0) is 4.79 Å². The molecule has 9 atom stereocenters. The lowest BCUT2D eigenvalue weighted by molar-refractivity contribution is -0.136. The second kappa shape index (κ2) is 18.9. The number of rotatable bonds is 21. The minimum Gasteiger partial charge on any atom is -0.393 e. The van der Waals surface area contributed by atoms with Gasteiger partial charge in [-0.15, -0.1) is 0 Å². The average Bonchev–Trinajstić information content (AvgIpc) is 3.40. The Bertz CT molecular complexity index is 992. The van der Waals surface area contributed by atoms with Crippen LogP contribution in [0.5, 0.6) is 0 Å². The van der Waals surface area contributed by atoms with Crippen molar-refractivity contribution in [1.82, 2.24) is 0 Å². The molecule has 0 amide bonds. The molecule has 4 aliphatic carbocycles. The Morgan fingerprint density at radius 2 is 1.51 bits per heavy atom. The number of aliphatic hydroxyl groups is 1. The van der Waals surface area contributed by atoms with Crippen LogP contribution >= 0.6 is 0 Å². The predicted molar refractivity (Wildman–Crippen MR) is 202 cm³/mol. The SMILES string of the molecule is CCCCCCCC/C=C\CCCCCCCC(=O)C1C[C@H](O)CC2=CC[C@H]3[C@@H]4CC[C@H]([C@H](C)CCCC(C)C)[C@@]4(C)CC[C@@H]3[C@]21C. The number of aliphatic hydroxyl groups excluding tert-OH is 1. The summed E-state index contributed by atoms with van der Waals surface area (Å²) in [6.45, 7) is 14.7. The Balaban J connectivity index is 1.24. The molecule has 1 N–H and O–H groups in total. The maximum atomic E-state index is 14.0. The molecule has 0 aromatic carbocycles. The minimum atomic E-state index is -0.342. The van der Waals surface area contributed by atoms with Crippen molar-refractivity contribution < 1.29 is 9.90 Å². The number of ketones is 1. The second-order valence-corrected chi connectivity index (χ2v) is 18.1. The molecule has 47 heavy (non-hydrogen) atoms. The minimum absolute atomic E-state index is 0.0126. The van der Waals surface area contributed by atoms with Crippen LogP contribution in [0.4, 0.5) is 0 Å². The Labute approximate surface area is 292 Å². The topological polar surface area (TPSA) is 37.3 Å². The number of hydrogen-bond donors (Lipinski definition) is 1. The zero-order chi connectivity index (χ0) is 33.9. The van der Waals surface area contributed by atoms with Gasteiger partial charge in [-0.3, -0.25) is 4.79 Å². The molecule has 0 aliphatic heterocycles. The third-order valence-corrected chi connectivity index (χ3v) is 14.5. The van der Waals surface area contributed by atoms with E-state index in [2.05, 4.69) is 59.8 Å². The lowest BCUT2D eigenvalue weighted by Gasteiger charge is -2.60. The maximum absolute atomic E-state index is 14.0. The third kappa shape index (κ3) is 9.88. The fourth-order valence-electron chi connectivity index (χ4n) is 11.8. The van der Waals surface area contributed by atoms with Crippen LogP contribution in [-0.4, -0.2) is 17.0 Å². The van der Waals surface area contributed by atoms with Crippen molar-refractivity contribution >= 4 is 5.78 Å². The summed E-state index contributed by atoms with van der Waals surface area (Å²) in [4.78, 5) is 14.0. The van der Waals surface area contributed by atoms with E-state index in [0.717, 1.165) is 42.4 Å². The Kier molecular flexibility index (Phi) is 15.7. The zero-order valence-corrected chi connectivity index (χ0v) is 32.2. The first-order chi connectivity index (χ1) is 22.6. The molecule has 3 saturated carbocycles. The highest BCUT2D eigenvalue weighted by atomic mass is 16.3. The first-order valence-electron chi connectivity index (χ1n) is 21.2. The van der Waals surface area contributed by atoms with Gasteiger partial charge < -0.3 is 5.11 Å². The van der Waals surface area contributed by atoms with Crippen LogP contribution in [0.25, 0.3) is 0 Å². The smallest absolute Gasteiger partial charge is 0.136 e. The quantitative estimate of drug-likeness (QED) is 0.0991. The fourth-order valence-corrected chi connectivity index (χ4v) is 11.8. The Morgan fingerprint density at radius 1 is 0.851 bits per heavy atom. The van der Waals surface area contributed by atoms with Gasteiger partial charge in [-0.25, -0.2) is 0 Å². The summed E-state index contributed by atoms with van der Waals surface area (Å²) in [5.41, 5.74) is 1.88. The van der Waals surface area contributed by atoms with E-state index >= 15 is 0 Å². The highest BCUT2D eigenvalue weighted by molar-refractivity contribution is 5.82. The van der Waals surface area contributed by atoms with E-state index in [-0.39, 0.29) is 17.4 Å². The summed E-state index contributed by atoms with van der Waals surface area (Å²) < 4.78 is 0. The van der Waals surface area contributed by atoms with Gasteiger partial charge in [0, 0.05) is 17.8 Å². The monoisotopic (exact) mass is 651 g/mol. The largest absolute Gasteiger partial charge is 0.393 e.